The zero-order chi connectivity index (χ0) is 11.6. The molecule has 0 aliphatic heterocycles. The van der Waals surface area contributed by atoms with Gasteiger partial charge < -0.3 is 9.88 Å². The van der Waals surface area contributed by atoms with Crippen LogP contribution in [0.4, 0.5) is 5.95 Å². The van der Waals surface area contributed by atoms with Gasteiger partial charge in [0.25, 0.3) is 0 Å². The minimum Gasteiger partial charge on any atom is -0.351 e. The molecule has 0 saturated heterocycles. The van der Waals surface area contributed by atoms with Gasteiger partial charge in [0.2, 0.25) is 5.95 Å². The van der Waals surface area contributed by atoms with Crippen molar-refractivity contribution in [3.05, 3.63) is 11.9 Å². The molecule has 0 spiro atoms. The van der Waals surface area contributed by atoms with Crippen LogP contribution in [-0.2, 0) is 6.54 Å². The molecule has 1 N–H and O–H groups in total. The van der Waals surface area contributed by atoms with E-state index in [2.05, 4.69) is 55.7 Å². The van der Waals surface area contributed by atoms with Gasteiger partial charge in [-0.15, -0.1) is 0 Å². The lowest BCUT2D eigenvalue weighted by molar-refractivity contribution is 0.517. The summed E-state index contributed by atoms with van der Waals surface area (Å²) in [6, 6.07) is 0. The second kappa shape index (κ2) is 4.25. The number of aromatic nitrogens is 2. The molecule has 0 atom stereocenters. The van der Waals surface area contributed by atoms with Crippen LogP contribution in [0.5, 0.6) is 0 Å². The Bertz CT molecular complexity index is 318. The second-order valence-corrected chi connectivity index (χ2v) is 5.63. The van der Waals surface area contributed by atoms with E-state index in [4.69, 9.17) is 0 Å². The molecular weight excluding hydrogens is 186 g/mol. The molecule has 1 heterocycles. The zero-order valence-corrected chi connectivity index (χ0v) is 10.8. The first kappa shape index (κ1) is 12.1. The summed E-state index contributed by atoms with van der Waals surface area (Å²) in [5, 5.41) is 3.43. The number of nitrogens with zero attached hydrogens (tertiary/aromatic N) is 2. The summed E-state index contributed by atoms with van der Waals surface area (Å²) in [4.78, 5) is 4.50. The van der Waals surface area contributed by atoms with E-state index in [1.54, 1.807) is 0 Å². The molecule has 0 aliphatic carbocycles. The number of anilines is 1. The fourth-order valence-corrected chi connectivity index (χ4v) is 1.51. The molecule has 0 radical (unpaired) electrons. The molecule has 0 saturated carbocycles. The monoisotopic (exact) mass is 209 g/mol. The van der Waals surface area contributed by atoms with Crippen LogP contribution in [-0.4, -0.2) is 15.1 Å². The summed E-state index contributed by atoms with van der Waals surface area (Å²) in [5.74, 6) is 1.62. The normalized spacial score (nSPS) is 12.2. The number of aryl methyl sites for hydroxylation is 1. The summed E-state index contributed by atoms with van der Waals surface area (Å²) in [6.45, 7) is 13.9. The van der Waals surface area contributed by atoms with Gasteiger partial charge >= 0.3 is 0 Å². The first-order valence-corrected chi connectivity index (χ1v) is 5.60. The van der Waals surface area contributed by atoms with Gasteiger partial charge in [0.1, 0.15) is 0 Å². The predicted molar refractivity (Wildman–Crippen MR) is 65.2 cm³/mol. The maximum absolute atomic E-state index is 4.50. The quantitative estimate of drug-likeness (QED) is 0.829. The summed E-state index contributed by atoms with van der Waals surface area (Å²) in [7, 11) is 0. The molecule has 0 aliphatic rings. The van der Waals surface area contributed by atoms with Crippen LogP contribution in [0.3, 0.4) is 0 Å². The third-order valence-corrected chi connectivity index (χ3v) is 1.95. The van der Waals surface area contributed by atoms with E-state index < -0.39 is 0 Å². The molecule has 3 nitrogen and oxygen atoms in total. The van der Waals surface area contributed by atoms with Crippen LogP contribution in [0.1, 0.15) is 40.3 Å². The van der Waals surface area contributed by atoms with Gasteiger partial charge in [-0.1, -0.05) is 13.8 Å². The SMILES string of the molecule is Cc1cn(CC(C)C)c(NC(C)(C)C)n1. The van der Waals surface area contributed by atoms with Gasteiger partial charge in [0, 0.05) is 18.3 Å². The van der Waals surface area contributed by atoms with E-state index in [1.807, 2.05) is 6.92 Å². The molecular formula is C12H23N3. The Morgan fingerprint density at radius 3 is 2.47 bits per heavy atom. The molecule has 1 aromatic heterocycles. The first-order valence-electron chi connectivity index (χ1n) is 5.60. The van der Waals surface area contributed by atoms with E-state index in [-0.39, 0.29) is 5.54 Å². The summed E-state index contributed by atoms with van der Waals surface area (Å²) < 4.78 is 2.20. The fraction of sp³-hybridized carbons (Fsp3) is 0.750. The van der Waals surface area contributed by atoms with E-state index in [0.717, 1.165) is 18.2 Å². The minimum atomic E-state index is 0.0620. The van der Waals surface area contributed by atoms with E-state index in [0.29, 0.717) is 5.92 Å². The molecule has 1 rings (SSSR count). The van der Waals surface area contributed by atoms with Crippen LogP contribution in [0.15, 0.2) is 6.20 Å². The van der Waals surface area contributed by atoms with Crippen molar-refractivity contribution in [2.75, 3.05) is 5.32 Å². The maximum atomic E-state index is 4.50. The zero-order valence-electron chi connectivity index (χ0n) is 10.8. The van der Waals surface area contributed by atoms with Crippen molar-refractivity contribution >= 4 is 5.95 Å². The average molecular weight is 209 g/mol. The predicted octanol–water partition coefficient (Wildman–Crippen LogP) is 3.06. The summed E-state index contributed by atoms with van der Waals surface area (Å²) >= 11 is 0. The molecule has 0 unspecified atom stereocenters. The van der Waals surface area contributed by atoms with Crippen molar-refractivity contribution in [1.82, 2.24) is 9.55 Å². The Hall–Kier alpha value is -0.990. The van der Waals surface area contributed by atoms with E-state index in [9.17, 15) is 0 Å². The number of imidazole rings is 1. The van der Waals surface area contributed by atoms with Crippen LogP contribution < -0.4 is 5.32 Å². The number of nitrogens with one attached hydrogen (secondary N) is 1. The van der Waals surface area contributed by atoms with Crippen LogP contribution in [0.2, 0.25) is 0 Å². The molecule has 0 amide bonds. The van der Waals surface area contributed by atoms with Crippen molar-refractivity contribution in [2.24, 2.45) is 5.92 Å². The Balaban J connectivity index is 2.86. The standard InChI is InChI=1S/C12H23N3/c1-9(2)7-15-8-10(3)13-11(15)14-12(4,5)6/h8-9H,7H2,1-6H3,(H,13,14). The highest BCUT2D eigenvalue weighted by atomic mass is 15.2. The van der Waals surface area contributed by atoms with Crippen LogP contribution >= 0.6 is 0 Å². The third-order valence-electron chi connectivity index (χ3n) is 1.95. The summed E-state index contributed by atoms with van der Waals surface area (Å²) in [6.07, 6.45) is 2.11. The van der Waals surface area contributed by atoms with Gasteiger partial charge in [0.05, 0.1) is 5.69 Å². The molecule has 0 fully saturated rings. The third kappa shape index (κ3) is 3.94. The fourth-order valence-electron chi connectivity index (χ4n) is 1.51. The summed E-state index contributed by atoms with van der Waals surface area (Å²) in [5.41, 5.74) is 1.13. The lowest BCUT2D eigenvalue weighted by Crippen LogP contribution is -2.28. The maximum Gasteiger partial charge on any atom is 0.203 e. The molecule has 3 heteroatoms. The van der Waals surface area contributed by atoms with E-state index in [1.165, 1.54) is 0 Å². The van der Waals surface area contributed by atoms with Gasteiger partial charge in [-0.2, -0.15) is 0 Å². The molecule has 0 aromatic carbocycles. The lowest BCUT2D eigenvalue weighted by Gasteiger charge is -2.22. The smallest absolute Gasteiger partial charge is 0.203 e. The molecule has 0 bridgehead atoms. The van der Waals surface area contributed by atoms with Gasteiger partial charge in [-0.25, -0.2) is 4.98 Å². The highest BCUT2D eigenvalue weighted by molar-refractivity contribution is 5.31. The topological polar surface area (TPSA) is 29.9 Å². The molecule has 86 valence electrons. The minimum absolute atomic E-state index is 0.0620. The highest BCUT2D eigenvalue weighted by Gasteiger charge is 2.14. The number of rotatable bonds is 3. The van der Waals surface area contributed by atoms with Crippen molar-refractivity contribution in [3.8, 4) is 0 Å². The Kier molecular flexibility index (Phi) is 3.42. The van der Waals surface area contributed by atoms with Crippen LogP contribution in [0, 0.1) is 12.8 Å². The Labute approximate surface area is 92.9 Å². The van der Waals surface area contributed by atoms with Gasteiger partial charge in [-0.05, 0) is 33.6 Å². The van der Waals surface area contributed by atoms with Crippen molar-refractivity contribution < 1.29 is 0 Å². The van der Waals surface area contributed by atoms with Crippen molar-refractivity contribution in [3.63, 3.8) is 0 Å². The highest BCUT2D eigenvalue weighted by Crippen LogP contribution is 2.16. The average Bonchev–Trinajstić information content (AvgIpc) is 2.25. The Morgan fingerprint density at radius 1 is 1.40 bits per heavy atom. The van der Waals surface area contributed by atoms with Crippen molar-refractivity contribution in [2.45, 2.75) is 53.6 Å². The first-order chi connectivity index (χ1) is 6.78. The number of hydrogen-bond donors (Lipinski definition) is 1. The number of hydrogen-bond acceptors (Lipinski definition) is 2. The van der Waals surface area contributed by atoms with Crippen molar-refractivity contribution in [1.29, 1.82) is 0 Å². The molecule has 15 heavy (non-hydrogen) atoms. The largest absolute Gasteiger partial charge is 0.351 e. The Morgan fingerprint density at radius 2 is 2.00 bits per heavy atom. The van der Waals surface area contributed by atoms with Crippen LogP contribution in [0.25, 0.3) is 0 Å². The van der Waals surface area contributed by atoms with Gasteiger partial charge in [-0.3, -0.25) is 0 Å². The second-order valence-electron chi connectivity index (χ2n) is 5.63. The lowest BCUT2D eigenvalue weighted by atomic mass is 10.1. The van der Waals surface area contributed by atoms with Gasteiger partial charge in [0.15, 0.2) is 0 Å². The van der Waals surface area contributed by atoms with E-state index >= 15 is 0 Å². The molecule has 1 aromatic rings.